The van der Waals surface area contributed by atoms with Gasteiger partial charge in [0.15, 0.2) is 0 Å². The van der Waals surface area contributed by atoms with Crippen LogP contribution in [0.2, 0.25) is 5.02 Å². The molecule has 1 aliphatic carbocycles. The van der Waals surface area contributed by atoms with Crippen molar-refractivity contribution in [1.82, 2.24) is 9.88 Å². The Balaban J connectivity index is 1.37. The fourth-order valence-electron chi connectivity index (χ4n) is 5.09. The zero-order chi connectivity index (χ0) is 28.4. The van der Waals surface area contributed by atoms with E-state index in [0.717, 1.165) is 19.3 Å². The van der Waals surface area contributed by atoms with Crippen molar-refractivity contribution in [2.24, 2.45) is 11.7 Å². The number of aliphatic hydroxyl groups excluding tert-OH is 1. The molecule has 0 radical (unpaired) electrons. The molecule has 0 bridgehead atoms. The Morgan fingerprint density at radius 1 is 1.10 bits per heavy atom. The van der Waals surface area contributed by atoms with Crippen molar-refractivity contribution in [3.63, 3.8) is 0 Å². The third-order valence-corrected chi connectivity index (χ3v) is 7.75. The van der Waals surface area contributed by atoms with Crippen molar-refractivity contribution in [3.8, 4) is 0 Å². The van der Waals surface area contributed by atoms with E-state index in [-0.39, 0.29) is 24.5 Å². The number of benzene rings is 2. The van der Waals surface area contributed by atoms with E-state index in [1.807, 2.05) is 0 Å². The maximum atomic E-state index is 15.0. The van der Waals surface area contributed by atoms with E-state index in [2.05, 4.69) is 15.6 Å². The molecule has 5 rings (SSSR count). The van der Waals surface area contributed by atoms with E-state index >= 15 is 0 Å². The summed E-state index contributed by atoms with van der Waals surface area (Å²) in [5.41, 5.74) is 6.74. The van der Waals surface area contributed by atoms with Crippen LogP contribution in [0.4, 0.5) is 25.1 Å². The number of pyridine rings is 1. The molecule has 1 saturated heterocycles. The zero-order valence-electron chi connectivity index (χ0n) is 21.6. The van der Waals surface area contributed by atoms with Gasteiger partial charge in [0, 0.05) is 19.2 Å². The Kier molecular flexibility index (Phi) is 8.02. The molecular formula is C29H30ClF2N5O3. The lowest BCUT2D eigenvalue weighted by Crippen LogP contribution is -2.45. The molecule has 1 aliphatic heterocycles. The van der Waals surface area contributed by atoms with Crippen LogP contribution in [0.3, 0.4) is 0 Å². The van der Waals surface area contributed by atoms with Crippen molar-refractivity contribution < 1.29 is 23.5 Å². The lowest BCUT2D eigenvalue weighted by atomic mass is 9.79. The van der Waals surface area contributed by atoms with Gasteiger partial charge in [0.2, 0.25) is 5.91 Å². The van der Waals surface area contributed by atoms with E-state index in [1.54, 1.807) is 24.3 Å². The second-order valence-corrected chi connectivity index (χ2v) is 10.9. The second kappa shape index (κ2) is 11.5. The standard InChI is InChI=1S/C29H30ClF2N5O3/c30-20-7-9-26(34-15-20)36-28(40)37-16-22(38)14-25(37)27(39)35-24-13-19(6-8-23(24)32)29(33,11-10-17-4-5-17)18-2-1-3-21(31)12-18/h1-3,6-9,12-13,15,17,22,25,38H,4-5,10-11,14,16,33H2,(H,35,39)(H,34,36,40)/t22-,25-,29?/m1/s1. The lowest BCUT2D eigenvalue weighted by molar-refractivity contribution is -0.119. The minimum atomic E-state index is -1.11. The van der Waals surface area contributed by atoms with Crippen molar-refractivity contribution in [1.29, 1.82) is 0 Å². The van der Waals surface area contributed by atoms with Crippen LogP contribution in [0.25, 0.3) is 0 Å². The van der Waals surface area contributed by atoms with Gasteiger partial charge >= 0.3 is 6.03 Å². The van der Waals surface area contributed by atoms with Gasteiger partial charge in [-0.05, 0) is 66.3 Å². The summed E-state index contributed by atoms with van der Waals surface area (Å²) in [6, 6.07) is 11.6. The molecule has 2 fully saturated rings. The Labute approximate surface area is 235 Å². The third-order valence-electron chi connectivity index (χ3n) is 7.53. The molecule has 2 heterocycles. The number of carbonyl (C=O) groups is 2. The van der Waals surface area contributed by atoms with Crippen molar-refractivity contribution in [2.75, 3.05) is 17.2 Å². The molecule has 2 aliphatic rings. The van der Waals surface area contributed by atoms with Gasteiger partial charge < -0.3 is 21.1 Å². The Morgan fingerprint density at radius 2 is 1.88 bits per heavy atom. The Bertz CT molecular complexity index is 1400. The first-order valence-electron chi connectivity index (χ1n) is 13.2. The van der Waals surface area contributed by atoms with Crippen LogP contribution in [0.15, 0.2) is 60.8 Å². The molecule has 2 aromatic carbocycles. The maximum absolute atomic E-state index is 15.0. The number of likely N-dealkylation sites (tertiary alicyclic amines) is 1. The smallest absolute Gasteiger partial charge is 0.323 e. The minimum Gasteiger partial charge on any atom is -0.391 e. The van der Waals surface area contributed by atoms with E-state index in [4.69, 9.17) is 17.3 Å². The largest absolute Gasteiger partial charge is 0.391 e. The number of aromatic nitrogens is 1. The first-order valence-corrected chi connectivity index (χ1v) is 13.5. The highest BCUT2D eigenvalue weighted by molar-refractivity contribution is 6.30. The van der Waals surface area contributed by atoms with Gasteiger partial charge in [-0.3, -0.25) is 10.1 Å². The average molecular weight is 570 g/mol. The quantitative estimate of drug-likeness (QED) is 0.304. The number of β-amino-alcohol motifs (C(OH)–C–C–N with tert-alkyl or cyclic N) is 1. The number of urea groups is 1. The Morgan fingerprint density at radius 3 is 2.58 bits per heavy atom. The van der Waals surface area contributed by atoms with Crippen LogP contribution >= 0.6 is 11.6 Å². The summed E-state index contributed by atoms with van der Waals surface area (Å²) in [5, 5.41) is 15.8. The molecule has 1 saturated carbocycles. The number of halogens is 3. The van der Waals surface area contributed by atoms with Gasteiger partial charge in [-0.15, -0.1) is 0 Å². The normalized spacial score (nSPS) is 20.2. The van der Waals surface area contributed by atoms with Gasteiger partial charge in [0.25, 0.3) is 0 Å². The molecule has 8 nitrogen and oxygen atoms in total. The second-order valence-electron chi connectivity index (χ2n) is 10.5. The SMILES string of the molecule is NC(CCC1CC1)(c1cccc(F)c1)c1ccc(F)c(NC(=O)[C@H]2C[C@@H](O)CN2C(=O)Nc2ccc(Cl)cn2)c1. The van der Waals surface area contributed by atoms with Crippen molar-refractivity contribution in [3.05, 3.63) is 88.6 Å². The number of nitrogens with one attached hydrogen (secondary N) is 2. The molecule has 3 amide bonds. The molecule has 1 aromatic heterocycles. The van der Waals surface area contributed by atoms with Crippen molar-refractivity contribution >= 4 is 35.0 Å². The summed E-state index contributed by atoms with van der Waals surface area (Å²) in [4.78, 5) is 31.4. The van der Waals surface area contributed by atoms with E-state index in [9.17, 15) is 23.5 Å². The van der Waals surface area contributed by atoms with Gasteiger partial charge in [-0.25, -0.2) is 18.6 Å². The van der Waals surface area contributed by atoms with Crippen LogP contribution < -0.4 is 16.4 Å². The van der Waals surface area contributed by atoms with E-state index in [1.165, 1.54) is 41.4 Å². The third kappa shape index (κ3) is 6.24. The average Bonchev–Trinajstić information content (AvgIpc) is 3.68. The molecule has 5 N–H and O–H groups in total. The topological polar surface area (TPSA) is 121 Å². The van der Waals surface area contributed by atoms with Crippen molar-refractivity contribution in [2.45, 2.75) is 49.8 Å². The zero-order valence-corrected chi connectivity index (χ0v) is 22.4. The molecular weight excluding hydrogens is 540 g/mol. The van der Waals surface area contributed by atoms with Gasteiger partial charge in [-0.2, -0.15) is 0 Å². The van der Waals surface area contributed by atoms with Crippen LogP contribution in [0.1, 0.15) is 43.2 Å². The maximum Gasteiger partial charge on any atom is 0.323 e. The highest BCUT2D eigenvalue weighted by Crippen LogP contribution is 2.40. The Hall–Kier alpha value is -3.60. The summed E-state index contributed by atoms with van der Waals surface area (Å²) in [7, 11) is 0. The summed E-state index contributed by atoms with van der Waals surface area (Å²) in [5.74, 6) is -1.01. The van der Waals surface area contributed by atoms with Crippen LogP contribution in [-0.4, -0.2) is 45.6 Å². The number of amides is 3. The number of aliphatic hydroxyl groups is 1. The van der Waals surface area contributed by atoms with Crippen LogP contribution in [-0.2, 0) is 10.3 Å². The van der Waals surface area contributed by atoms with Crippen LogP contribution in [0.5, 0.6) is 0 Å². The highest BCUT2D eigenvalue weighted by atomic mass is 35.5. The molecule has 210 valence electrons. The summed E-state index contributed by atoms with van der Waals surface area (Å²) < 4.78 is 29.1. The monoisotopic (exact) mass is 569 g/mol. The lowest BCUT2D eigenvalue weighted by Gasteiger charge is -2.32. The number of hydrogen-bond donors (Lipinski definition) is 4. The molecule has 3 aromatic rings. The number of nitrogens with zero attached hydrogens (tertiary/aromatic N) is 2. The molecule has 3 atom stereocenters. The predicted molar refractivity (Wildman–Crippen MR) is 148 cm³/mol. The summed E-state index contributed by atoms with van der Waals surface area (Å²) in [6.07, 6.45) is 3.98. The van der Waals surface area contributed by atoms with Gasteiger partial charge in [0.05, 0.1) is 22.4 Å². The first-order chi connectivity index (χ1) is 19.1. The van der Waals surface area contributed by atoms with Gasteiger partial charge in [-0.1, -0.05) is 42.6 Å². The summed E-state index contributed by atoms with van der Waals surface area (Å²) >= 11 is 5.84. The number of nitrogens with two attached hydrogens (primary N) is 1. The predicted octanol–water partition coefficient (Wildman–Crippen LogP) is 5.01. The van der Waals surface area contributed by atoms with E-state index in [0.29, 0.717) is 28.5 Å². The fraction of sp³-hybridized carbons (Fsp3) is 0.345. The molecule has 40 heavy (non-hydrogen) atoms. The molecule has 0 spiro atoms. The first kappa shape index (κ1) is 27.9. The minimum absolute atomic E-state index is 0.0277. The molecule has 1 unspecified atom stereocenters. The van der Waals surface area contributed by atoms with Crippen LogP contribution in [0, 0.1) is 17.6 Å². The number of rotatable bonds is 8. The van der Waals surface area contributed by atoms with Gasteiger partial charge in [0.1, 0.15) is 23.5 Å². The summed E-state index contributed by atoms with van der Waals surface area (Å²) in [6.45, 7) is -0.0906. The number of anilines is 2. The van der Waals surface area contributed by atoms with E-state index < -0.39 is 41.3 Å². The fourth-order valence-corrected chi connectivity index (χ4v) is 5.20. The number of carbonyl (C=O) groups excluding carboxylic acids is 2. The molecule has 11 heteroatoms. The highest BCUT2D eigenvalue weighted by Gasteiger charge is 2.40. The number of hydrogen-bond acceptors (Lipinski definition) is 5.